The molecule has 0 radical (unpaired) electrons. The van der Waals surface area contributed by atoms with Gasteiger partial charge >= 0.3 is 6.09 Å². The van der Waals surface area contributed by atoms with E-state index in [1.54, 1.807) is 20.8 Å². The summed E-state index contributed by atoms with van der Waals surface area (Å²) >= 11 is 3.36. The van der Waals surface area contributed by atoms with Crippen LogP contribution in [0.5, 0.6) is 0 Å². The summed E-state index contributed by atoms with van der Waals surface area (Å²) in [6.07, 6.45) is -0.318. The van der Waals surface area contributed by atoms with Gasteiger partial charge < -0.3 is 10.1 Å². The minimum Gasteiger partial charge on any atom is -0.444 e. The van der Waals surface area contributed by atoms with Crippen molar-refractivity contribution >= 4 is 22.0 Å². The van der Waals surface area contributed by atoms with Crippen LogP contribution in [0, 0.1) is 0 Å². The van der Waals surface area contributed by atoms with E-state index in [9.17, 15) is 9.18 Å². The van der Waals surface area contributed by atoms with Gasteiger partial charge in [-0.15, -0.1) is 0 Å². The molecule has 1 aromatic rings. The average Bonchev–Trinajstić information content (AvgIpc) is 2.26. The lowest BCUT2D eigenvalue weighted by atomic mass is 10.0. The van der Waals surface area contributed by atoms with Gasteiger partial charge in [0.05, 0.1) is 12.7 Å². The minimum absolute atomic E-state index is 0.218. The number of benzene rings is 1. The molecular weight excluding hydrogens is 313 g/mol. The van der Waals surface area contributed by atoms with Crippen LogP contribution in [0.15, 0.2) is 28.7 Å². The van der Waals surface area contributed by atoms with E-state index in [0.29, 0.717) is 0 Å². The van der Waals surface area contributed by atoms with Gasteiger partial charge in [0.1, 0.15) is 5.60 Å². The van der Waals surface area contributed by atoms with Gasteiger partial charge in [-0.25, -0.2) is 4.79 Å². The monoisotopic (exact) mass is 331 g/mol. The molecule has 0 saturated heterocycles. The number of hydrogen-bond donors (Lipinski definition) is 1. The number of amides is 1. The summed E-state index contributed by atoms with van der Waals surface area (Å²) in [6, 6.07) is 7.04. The number of alkyl carbamates (subject to hydrolysis) is 1. The van der Waals surface area contributed by atoms with Crippen molar-refractivity contribution in [1.29, 1.82) is 0 Å². The van der Waals surface area contributed by atoms with Crippen molar-refractivity contribution < 1.29 is 13.9 Å². The van der Waals surface area contributed by atoms with Crippen molar-refractivity contribution in [2.45, 2.75) is 38.8 Å². The lowest BCUT2D eigenvalue weighted by Crippen LogP contribution is -2.35. The van der Waals surface area contributed by atoms with Crippen molar-refractivity contribution in [3.8, 4) is 0 Å². The van der Waals surface area contributed by atoms with Crippen LogP contribution in [0.4, 0.5) is 9.18 Å². The molecule has 0 aromatic heterocycles. The zero-order valence-electron chi connectivity index (χ0n) is 11.4. The largest absolute Gasteiger partial charge is 0.444 e. The Bertz CT molecular complexity index is 432. The van der Waals surface area contributed by atoms with Crippen LogP contribution in [-0.2, 0) is 4.74 Å². The van der Waals surface area contributed by atoms with E-state index in [4.69, 9.17) is 4.74 Å². The molecule has 0 saturated carbocycles. The van der Waals surface area contributed by atoms with Crippen LogP contribution < -0.4 is 5.32 Å². The molecule has 3 nitrogen and oxygen atoms in total. The first-order valence-corrected chi connectivity index (χ1v) is 6.92. The molecule has 0 bridgehead atoms. The third-order valence-corrected chi connectivity index (χ3v) is 2.83. The Kier molecular flexibility index (Phi) is 5.79. The van der Waals surface area contributed by atoms with Crippen LogP contribution >= 0.6 is 15.9 Å². The van der Waals surface area contributed by atoms with Gasteiger partial charge in [-0.1, -0.05) is 28.1 Å². The maximum atomic E-state index is 12.6. The van der Waals surface area contributed by atoms with Gasteiger partial charge in [0, 0.05) is 10.9 Å². The Morgan fingerprint density at radius 3 is 2.68 bits per heavy atom. The molecule has 1 unspecified atom stereocenters. The summed E-state index contributed by atoms with van der Waals surface area (Å²) in [4.78, 5) is 11.7. The third kappa shape index (κ3) is 6.05. The molecule has 1 N–H and O–H groups in total. The van der Waals surface area contributed by atoms with E-state index >= 15 is 0 Å². The van der Waals surface area contributed by atoms with Crippen LogP contribution in [0.25, 0.3) is 0 Å². The number of carbonyl (C=O) groups excluding carboxylic acids is 1. The van der Waals surface area contributed by atoms with E-state index in [0.717, 1.165) is 10.0 Å². The molecule has 0 spiro atoms. The van der Waals surface area contributed by atoms with Crippen LogP contribution in [0.2, 0.25) is 0 Å². The van der Waals surface area contributed by atoms with E-state index in [1.165, 1.54) is 0 Å². The number of halogens is 2. The lowest BCUT2D eigenvalue weighted by molar-refractivity contribution is 0.0499. The van der Waals surface area contributed by atoms with Crippen molar-refractivity contribution in [2.75, 3.05) is 6.67 Å². The van der Waals surface area contributed by atoms with Crippen LogP contribution in [0.3, 0.4) is 0 Å². The second-order valence-corrected chi connectivity index (χ2v) is 6.15. The smallest absolute Gasteiger partial charge is 0.408 e. The van der Waals surface area contributed by atoms with E-state index in [2.05, 4.69) is 21.2 Å². The zero-order chi connectivity index (χ0) is 14.5. The summed E-state index contributed by atoms with van der Waals surface area (Å²) in [5, 5.41) is 2.70. The maximum absolute atomic E-state index is 12.6. The molecule has 0 heterocycles. The summed E-state index contributed by atoms with van der Waals surface area (Å²) in [6.45, 7) is 4.86. The zero-order valence-corrected chi connectivity index (χ0v) is 13.0. The van der Waals surface area contributed by atoms with Gasteiger partial charge in [0.2, 0.25) is 0 Å². The summed E-state index contributed by atoms with van der Waals surface area (Å²) in [5.41, 5.74) is 0.277. The predicted octanol–water partition coefficient (Wildman–Crippen LogP) is 4.37. The predicted molar refractivity (Wildman–Crippen MR) is 76.8 cm³/mol. The fraction of sp³-hybridized carbons (Fsp3) is 0.500. The van der Waals surface area contributed by atoms with E-state index < -0.39 is 24.4 Å². The SMILES string of the molecule is CC(C)(C)OC(=O)NC(CCF)c1cccc(Br)c1. The second kappa shape index (κ2) is 6.89. The number of ether oxygens (including phenoxy) is 1. The molecular formula is C14H19BrFNO2. The number of hydrogen-bond acceptors (Lipinski definition) is 2. The Hall–Kier alpha value is -1.10. The lowest BCUT2D eigenvalue weighted by Gasteiger charge is -2.23. The molecule has 1 aromatic carbocycles. The normalized spacial score (nSPS) is 12.9. The van der Waals surface area contributed by atoms with Gasteiger partial charge in [-0.2, -0.15) is 0 Å². The van der Waals surface area contributed by atoms with Crippen molar-refractivity contribution in [3.05, 3.63) is 34.3 Å². The topological polar surface area (TPSA) is 38.3 Å². The molecule has 1 rings (SSSR count). The maximum Gasteiger partial charge on any atom is 0.408 e. The number of carbonyl (C=O) groups is 1. The average molecular weight is 332 g/mol. The van der Waals surface area contributed by atoms with E-state index in [1.807, 2.05) is 24.3 Å². The Morgan fingerprint density at radius 2 is 2.16 bits per heavy atom. The molecule has 19 heavy (non-hydrogen) atoms. The first kappa shape index (κ1) is 16.0. The van der Waals surface area contributed by atoms with Crippen LogP contribution in [-0.4, -0.2) is 18.4 Å². The van der Waals surface area contributed by atoms with Crippen molar-refractivity contribution in [1.82, 2.24) is 5.32 Å². The second-order valence-electron chi connectivity index (χ2n) is 5.23. The molecule has 0 aliphatic carbocycles. The molecule has 1 atom stereocenters. The quantitative estimate of drug-likeness (QED) is 0.889. The number of rotatable bonds is 4. The summed E-state index contributed by atoms with van der Waals surface area (Å²) in [7, 11) is 0. The third-order valence-electron chi connectivity index (χ3n) is 2.34. The van der Waals surface area contributed by atoms with Crippen molar-refractivity contribution in [3.63, 3.8) is 0 Å². The highest BCUT2D eigenvalue weighted by atomic mass is 79.9. The molecule has 5 heteroatoms. The summed E-state index contributed by atoms with van der Waals surface area (Å²) in [5.74, 6) is 0. The first-order valence-electron chi connectivity index (χ1n) is 6.13. The minimum atomic E-state index is -0.568. The Morgan fingerprint density at radius 1 is 1.47 bits per heavy atom. The Labute approximate surface area is 121 Å². The molecule has 106 valence electrons. The standard InChI is InChI=1S/C14H19BrFNO2/c1-14(2,3)19-13(18)17-12(7-8-16)10-5-4-6-11(15)9-10/h4-6,9,12H,7-8H2,1-3H3,(H,17,18). The number of alkyl halides is 1. The van der Waals surface area contributed by atoms with Gasteiger partial charge in [0.15, 0.2) is 0 Å². The first-order chi connectivity index (χ1) is 8.81. The van der Waals surface area contributed by atoms with Gasteiger partial charge in [-0.05, 0) is 38.5 Å². The van der Waals surface area contributed by atoms with Crippen molar-refractivity contribution in [2.24, 2.45) is 0 Å². The molecule has 0 aliphatic rings. The Balaban J connectivity index is 2.76. The highest BCUT2D eigenvalue weighted by Crippen LogP contribution is 2.21. The van der Waals surface area contributed by atoms with Gasteiger partial charge in [-0.3, -0.25) is 4.39 Å². The van der Waals surface area contributed by atoms with Crippen LogP contribution in [0.1, 0.15) is 38.8 Å². The molecule has 0 fully saturated rings. The molecule has 0 aliphatic heterocycles. The van der Waals surface area contributed by atoms with E-state index in [-0.39, 0.29) is 6.42 Å². The highest BCUT2D eigenvalue weighted by Gasteiger charge is 2.20. The highest BCUT2D eigenvalue weighted by molar-refractivity contribution is 9.10. The summed E-state index contributed by atoms with van der Waals surface area (Å²) < 4.78 is 18.7. The fourth-order valence-electron chi connectivity index (χ4n) is 1.60. The van der Waals surface area contributed by atoms with Gasteiger partial charge in [0.25, 0.3) is 0 Å². The number of nitrogens with one attached hydrogen (secondary N) is 1. The molecule has 1 amide bonds. The fourth-order valence-corrected chi connectivity index (χ4v) is 2.02.